The fourth-order valence-corrected chi connectivity index (χ4v) is 5.58. The van der Waals surface area contributed by atoms with Crippen LogP contribution in [0.2, 0.25) is 0 Å². The molecule has 4 nitrogen and oxygen atoms in total. The molecule has 0 atom stereocenters. The van der Waals surface area contributed by atoms with Crippen LogP contribution in [-0.2, 0) is 10.1 Å². The van der Waals surface area contributed by atoms with E-state index < -0.39 is 10.1 Å². The second-order valence-corrected chi connectivity index (χ2v) is 14.7. The van der Waals surface area contributed by atoms with Crippen LogP contribution in [0.3, 0.4) is 0 Å². The van der Waals surface area contributed by atoms with Crippen molar-refractivity contribution in [1.29, 1.82) is 0 Å². The minimum absolute atomic E-state index is 0.604. The second kappa shape index (κ2) is 31.8. The van der Waals surface area contributed by atoms with E-state index in [2.05, 4.69) is 27.9 Å². The van der Waals surface area contributed by atoms with Crippen molar-refractivity contribution in [2.75, 3.05) is 33.4 Å². The molecule has 0 heterocycles. The monoisotopic (exact) mass is 590 g/mol. The van der Waals surface area contributed by atoms with Gasteiger partial charge in [-0.1, -0.05) is 168 Å². The molecule has 0 fully saturated rings. The van der Waals surface area contributed by atoms with Crippen LogP contribution < -0.4 is 0 Å². The summed E-state index contributed by atoms with van der Waals surface area (Å²) in [6.45, 7) is 7.38. The van der Waals surface area contributed by atoms with Crippen molar-refractivity contribution in [2.24, 2.45) is 0 Å². The van der Waals surface area contributed by atoms with Crippen LogP contribution in [0.1, 0.15) is 194 Å². The van der Waals surface area contributed by atoms with Crippen LogP contribution in [0, 0.1) is 0 Å². The highest BCUT2D eigenvalue weighted by molar-refractivity contribution is 7.84. The summed E-state index contributed by atoms with van der Waals surface area (Å²) in [4.78, 5) is 0. The fraction of sp³-hybridized carbons (Fsp3) is 1.00. The maximum absolute atomic E-state index is 9.08. The first-order valence-corrected chi connectivity index (χ1v) is 19.7. The molecule has 0 spiro atoms. The average molecular weight is 590 g/mol. The summed E-state index contributed by atoms with van der Waals surface area (Å²) in [7, 11) is 1.01. The van der Waals surface area contributed by atoms with Crippen molar-refractivity contribution in [3.05, 3.63) is 0 Å². The lowest BCUT2D eigenvalue weighted by atomic mass is 10.0. The van der Waals surface area contributed by atoms with Gasteiger partial charge < -0.3 is 9.04 Å². The van der Waals surface area contributed by atoms with Crippen molar-refractivity contribution < 1.29 is 17.5 Å². The number of rotatable bonds is 30. The minimum Gasteiger partial charge on any atom is -0.748 e. The van der Waals surface area contributed by atoms with Crippen LogP contribution >= 0.6 is 0 Å². The van der Waals surface area contributed by atoms with E-state index in [-0.39, 0.29) is 0 Å². The summed E-state index contributed by atoms with van der Waals surface area (Å²) in [5, 5.41) is 0. The Kier molecular flexibility index (Phi) is 33.4. The number of unbranched alkanes of at least 4 members (excludes halogenated alkanes) is 26. The Hall–Kier alpha value is -0.130. The zero-order valence-corrected chi connectivity index (χ0v) is 29.1. The maximum Gasteiger partial charge on any atom is 0.0916 e. The van der Waals surface area contributed by atoms with Crippen LogP contribution in [0.5, 0.6) is 0 Å². The Bertz CT molecular complexity index is 535. The van der Waals surface area contributed by atoms with Crippen molar-refractivity contribution in [3.8, 4) is 0 Å². The Morgan fingerprint density at radius 2 is 0.550 bits per heavy atom. The number of hydrogen-bond donors (Lipinski definition) is 0. The van der Waals surface area contributed by atoms with E-state index in [1.165, 1.54) is 197 Å². The van der Waals surface area contributed by atoms with Crippen LogP contribution in [0.4, 0.5) is 0 Å². The molecule has 0 rings (SSSR count). The summed E-state index contributed by atoms with van der Waals surface area (Å²) in [5.74, 6) is 0. The largest absolute Gasteiger partial charge is 0.748 e. The Balaban J connectivity index is 0. The van der Waals surface area contributed by atoms with Crippen LogP contribution in [0.15, 0.2) is 0 Å². The van der Waals surface area contributed by atoms with E-state index >= 15 is 0 Å². The second-order valence-electron chi connectivity index (χ2n) is 13.3. The Labute approximate surface area is 254 Å². The molecule has 0 saturated carbocycles. The normalized spacial score (nSPS) is 11.9. The zero-order chi connectivity index (χ0) is 30.2. The van der Waals surface area contributed by atoms with E-state index in [0.29, 0.717) is 6.26 Å². The van der Waals surface area contributed by atoms with Crippen LogP contribution in [0.25, 0.3) is 0 Å². The lowest BCUT2D eigenvalue weighted by Crippen LogP contribution is -2.41. The van der Waals surface area contributed by atoms with Crippen LogP contribution in [-0.4, -0.2) is 50.9 Å². The number of quaternary nitrogens is 1. The van der Waals surface area contributed by atoms with Gasteiger partial charge in [-0.25, -0.2) is 8.42 Å². The molecule has 0 aliphatic heterocycles. The third kappa shape index (κ3) is 44.9. The predicted octanol–water partition coefficient (Wildman–Crippen LogP) is 11.2. The van der Waals surface area contributed by atoms with E-state index in [1.54, 1.807) is 0 Å². The summed E-state index contributed by atoms with van der Waals surface area (Å²) in [6, 6.07) is 0. The highest BCUT2D eigenvalue weighted by Crippen LogP contribution is 2.15. The van der Waals surface area contributed by atoms with Gasteiger partial charge in [0.15, 0.2) is 0 Å². The average Bonchev–Trinajstić information content (AvgIpc) is 2.88. The quantitative estimate of drug-likeness (QED) is 0.0475. The summed E-state index contributed by atoms with van der Waals surface area (Å²) in [5.41, 5.74) is 0. The first kappa shape index (κ1) is 42.0. The van der Waals surface area contributed by atoms with Crippen molar-refractivity contribution >= 4 is 10.1 Å². The molecule has 5 heteroatoms. The highest BCUT2D eigenvalue weighted by Gasteiger charge is 2.13. The zero-order valence-electron chi connectivity index (χ0n) is 28.3. The molecule has 0 aromatic rings. The third-order valence-corrected chi connectivity index (χ3v) is 8.23. The molecule has 0 aromatic carbocycles. The summed E-state index contributed by atoms with van der Waals surface area (Å²) >= 11 is 0. The van der Waals surface area contributed by atoms with Crippen molar-refractivity contribution in [2.45, 2.75) is 194 Å². The predicted molar refractivity (Wildman–Crippen MR) is 178 cm³/mol. The topological polar surface area (TPSA) is 57.2 Å². The lowest BCUT2D eigenvalue weighted by Gasteiger charge is -2.30. The summed E-state index contributed by atoms with van der Waals surface area (Å²) in [6.07, 6.45) is 41.5. The first-order valence-electron chi connectivity index (χ1n) is 17.8. The smallest absolute Gasteiger partial charge is 0.0916 e. The van der Waals surface area contributed by atoms with Gasteiger partial charge in [0.2, 0.25) is 0 Å². The SMILES string of the molecule is CCCCCCCCCCCCCCCC[N+](C)(C)CCCCCCCCCCCCCCCC.CS(=O)(=O)[O-]. The molecule has 0 bridgehead atoms. The van der Waals surface area contributed by atoms with Gasteiger partial charge in [0, 0.05) is 6.26 Å². The number of nitrogens with zero attached hydrogens (tertiary/aromatic N) is 1. The highest BCUT2D eigenvalue weighted by atomic mass is 32.2. The molecule has 0 unspecified atom stereocenters. The Morgan fingerprint density at radius 3 is 0.725 bits per heavy atom. The maximum atomic E-state index is 9.08. The van der Waals surface area contributed by atoms with Gasteiger partial charge >= 0.3 is 0 Å². The van der Waals surface area contributed by atoms with E-state index in [0.717, 1.165) is 0 Å². The fourth-order valence-electron chi connectivity index (χ4n) is 5.58. The molecule has 0 N–H and O–H groups in total. The molecule has 0 saturated heterocycles. The van der Waals surface area contributed by atoms with Gasteiger partial charge in [-0.3, -0.25) is 0 Å². The van der Waals surface area contributed by atoms with E-state index in [1.807, 2.05) is 0 Å². The van der Waals surface area contributed by atoms with Crippen molar-refractivity contribution in [3.63, 3.8) is 0 Å². The first-order chi connectivity index (χ1) is 19.1. The van der Waals surface area contributed by atoms with Gasteiger partial charge in [-0.15, -0.1) is 0 Å². The van der Waals surface area contributed by atoms with E-state index in [9.17, 15) is 0 Å². The van der Waals surface area contributed by atoms with Gasteiger partial charge in [0.05, 0.1) is 37.3 Å². The molecule has 0 aromatic heterocycles. The molecular weight excluding hydrogens is 514 g/mol. The van der Waals surface area contributed by atoms with Crippen molar-refractivity contribution in [1.82, 2.24) is 0 Å². The molecular formula is C35H75NO3S. The molecule has 244 valence electrons. The molecule has 0 aliphatic carbocycles. The van der Waals surface area contributed by atoms with Gasteiger partial charge in [-0.2, -0.15) is 0 Å². The molecule has 0 amide bonds. The number of hydrogen-bond acceptors (Lipinski definition) is 3. The summed E-state index contributed by atoms with van der Waals surface area (Å²) < 4.78 is 28.5. The minimum atomic E-state index is -3.92. The Morgan fingerprint density at radius 1 is 0.400 bits per heavy atom. The van der Waals surface area contributed by atoms with Gasteiger partial charge in [-0.05, 0) is 25.7 Å². The molecule has 0 aliphatic rings. The van der Waals surface area contributed by atoms with Gasteiger partial charge in [0.25, 0.3) is 0 Å². The van der Waals surface area contributed by atoms with Gasteiger partial charge in [0.1, 0.15) is 0 Å². The standard InChI is InChI=1S/C34H72N.CH4O3S/c1-5-7-9-11-13-15-17-19-21-23-25-27-29-31-33-35(3,4)34-32-30-28-26-24-22-20-18-16-14-12-10-8-6-2;1-5(2,3)4/h5-34H2,1-4H3;1H3,(H,2,3,4)/q+1;/p-1. The lowest BCUT2D eigenvalue weighted by molar-refractivity contribution is -0.890. The molecule has 40 heavy (non-hydrogen) atoms. The molecule has 0 radical (unpaired) electrons. The van der Waals surface area contributed by atoms with E-state index in [4.69, 9.17) is 13.0 Å². The third-order valence-electron chi connectivity index (χ3n) is 8.23.